The average molecular weight is 279 g/mol. The maximum atomic E-state index is 12.4. The Morgan fingerprint density at radius 3 is 3.15 bits per heavy atom. The van der Waals surface area contributed by atoms with Gasteiger partial charge in [0.15, 0.2) is 6.39 Å². The minimum Gasteiger partial charge on any atom is -0.438 e. The number of amides is 2. The Kier molecular flexibility index (Phi) is 3.43. The first kappa shape index (κ1) is 13.1. The summed E-state index contributed by atoms with van der Waals surface area (Å²) in [5.74, 6) is -0.0685. The molecule has 1 N–H and O–H groups in total. The molecule has 0 unspecified atom stereocenters. The molecule has 2 atom stereocenters. The van der Waals surface area contributed by atoms with Gasteiger partial charge in [0.25, 0.3) is 5.91 Å². The minimum atomic E-state index is -0.238. The maximum Gasteiger partial charge on any atom is 0.291 e. The van der Waals surface area contributed by atoms with Gasteiger partial charge in [0, 0.05) is 19.6 Å². The number of hydrogen-bond donors (Lipinski definition) is 1. The second kappa shape index (κ2) is 5.24. The van der Waals surface area contributed by atoms with Crippen molar-refractivity contribution < 1.29 is 18.7 Å². The van der Waals surface area contributed by atoms with Crippen LogP contribution in [0.3, 0.4) is 0 Å². The number of carbonyl (C=O) groups is 2. The summed E-state index contributed by atoms with van der Waals surface area (Å²) in [6, 6.07) is 0. The quantitative estimate of drug-likeness (QED) is 0.779. The first-order valence-corrected chi connectivity index (χ1v) is 6.75. The van der Waals surface area contributed by atoms with Crippen LogP contribution in [-0.4, -0.2) is 54.0 Å². The van der Waals surface area contributed by atoms with Crippen LogP contribution in [-0.2, 0) is 9.53 Å². The molecule has 108 valence electrons. The molecule has 7 heteroatoms. The molecule has 2 saturated heterocycles. The number of fused-ring (bicyclic) bond motifs is 1. The molecule has 0 radical (unpaired) electrons. The van der Waals surface area contributed by atoms with E-state index in [2.05, 4.69) is 10.3 Å². The Morgan fingerprint density at radius 1 is 1.55 bits per heavy atom. The Labute approximate surface area is 116 Å². The number of carbonyl (C=O) groups excluding carboxylic acids is 2. The van der Waals surface area contributed by atoms with Gasteiger partial charge in [-0.05, 0) is 13.3 Å². The normalized spacial score (nSPS) is 26.6. The van der Waals surface area contributed by atoms with Crippen LogP contribution >= 0.6 is 0 Å². The fraction of sp³-hybridized carbons (Fsp3) is 0.615. The van der Waals surface area contributed by atoms with Gasteiger partial charge in [0.1, 0.15) is 0 Å². The highest BCUT2D eigenvalue weighted by Gasteiger charge is 2.38. The van der Waals surface area contributed by atoms with Crippen molar-refractivity contribution in [2.75, 3.05) is 26.2 Å². The lowest BCUT2D eigenvalue weighted by atomic mass is 9.93. The van der Waals surface area contributed by atoms with Gasteiger partial charge in [0.05, 0.1) is 24.3 Å². The van der Waals surface area contributed by atoms with Crippen molar-refractivity contribution in [1.82, 2.24) is 15.2 Å². The van der Waals surface area contributed by atoms with Gasteiger partial charge < -0.3 is 19.4 Å². The highest BCUT2D eigenvalue weighted by molar-refractivity contribution is 5.92. The van der Waals surface area contributed by atoms with Crippen molar-refractivity contribution in [3.63, 3.8) is 0 Å². The molecule has 2 fully saturated rings. The SMILES string of the molecule is Cc1ncoc1C(=O)N1CC[C@H]2C(=O)NCCO[C@H]2C1. The molecule has 2 aliphatic rings. The number of hydrogen-bond acceptors (Lipinski definition) is 5. The number of ether oxygens (including phenoxy) is 1. The van der Waals surface area contributed by atoms with Gasteiger partial charge in [-0.1, -0.05) is 0 Å². The van der Waals surface area contributed by atoms with Crippen LogP contribution < -0.4 is 5.32 Å². The number of aryl methyl sites for hydroxylation is 1. The van der Waals surface area contributed by atoms with Crippen LogP contribution in [0.15, 0.2) is 10.8 Å². The van der Waals surface area contributed by atoms with Gasteiger partial charge in [-0.25, -0.2) is 4.98 Å². The molecule has 2 amide bonds. The molecule has 0 spiro atoms. The second-order valence-electron chi connectivity index (χ2n) is 5.11. The van der Waals surface area contributed by atoms with Crippen molar-refractivity contribution in [3.8, 4) is 0 Å². The summed E-state index contributed by atoms with van der Waals surface area (Å²) in [4.78, 5) is 29.8. The van der Waals surface area contributed by atoms with Crippen molar-refractivity contribution in [3.05, 3.63) is 17.8 Å². The van der Waals surface area contributed by atoms with Crippen LogP contribution in [0.5, 0.6) is 0 Å². The highest BCUT2D eigenvalue weighted by atomic mass is 16.5. The number of rotatable bonds is 1. The molecule has 3 heterocycles. The van der Waals surface area contributed by atoms with Crippen molar-refractivity contribution in [2.24, 2.45) is 5.92 Å². The van der Waals surface area contributed by atoms with E-state index >= 15 is 0 Å². The third-order valence-corrected chi connectivity index (χ3v) is 3.86. The molecule has 20 heavy (non-hydrogen) atoms. The zero-order valence-electron chi connectivity index (χ0n) is 11.3. The van der Waals surface area contributed by atoms with Crippen LogP contribution in [0.4, 0.5) is 0 Å². The minimum absolute atomic E-state index is 0.0236. The highest BCUT2D eigenvalue weighted by Crippen LogP contribution is 2.24. The summed E-state index contributed by atoms with van der Waals surface area (Å²) in [6.07, 6.45) is 1.64. The smallest absolute Gasteiger partial charge is 0.291 e. The summed E-state index contributed by atoms with van der Waals surface area (Å²) in [5, 5.41) is 2.83. The molecular formula is C13H17N3O4. The lowest BCUT2D eigenvalue weighted by Gasteiger charge is -2.35. The lowest BCUT2D eigenvalue weighted by molar-refractivity contribution is -0.129. The molecule has 0 saturated carbocycles. The number of aromatic nitrogens is 1. The number of nitrogens with zero attached hydrogens (tertiary/aromatic N) is 2. The number of piperidine rings is 1. The maximum absolute atomic E-state index is 12.4. The van der Waals surface area contributed by atoms with E-state index in [9.17, 15) is 9.59 Å². The monoisotopic (exact) mass is 279 g/mol. The Bertz CT molecular complexity index is 527. The van der Waals surface area contributed by atoms with Gasteiger partial charge in [0.2, 0.25) is 11.7 Å². The van der Waals surface area contributed by atoms with E-state index in [4.69, 9.17) is 9.15 Å². The van der Waals surface area contributed by atoms with Crippen molar-refractivity contribution in [1.29, 1.82) is 0 Å². The molecule has 2 aliphatic heterocycles. The number of oxazole rings is 1. The zero-order valence-corrected chi connectivity index (χ0v) is 11.3. The van der Waals surface area contributed by atoms with E-state index in [1.165, 1.54) is 6.39 Å². The third kappa shape index (κ3) is 2.29. The van der Waals surface area contributed by atoms with Crippen LogP contribution in [0.1, 0.15) is 22.7 Å². The van der Waals surface area contributed by atoms with Gasteiger partial charge in [-0.3, -0.25) is 9.59 Å². The van der Waals surface area contributed by atoms with Crippen LogP contribution in [0.25, 0.3) is 0 Å². The fourth-order valence-electron chi connectivity index (χ4n) is 2.74. The fourth-order valence-corrected chi connectivity index (χ4v) is 2.74. The van der Waals surface area contributed by atoms with E-state index in [0.717, 1.165) is 0 Å². The van der Waals surface area contributed by atoms with Gasteiger partial charge in [-0.15, -0.1) is 0 Å². The van der Waals surface area contributed by atoms with E-state index in [0.29, 0.717) is 38.4 Å². The van der Waals surface area contributed by atoms with Crippen LogP contribution in [0.2, 0.25) is 0 Å². The van der Waals surface area contributed by atoms with Crippen LogP contribution in [0, 0.1) is 12.8 Å². The molecule has 0 aromatic carbocycles. The zero-order chi connectivity index (χ0) is 14.1. The van der Waals surface area contributed by atoms with Gasteiger partial charge in [-0.2, -0.15) is 0 Å². The predicted octanol–water partition coefficient (Wildman–Crippen LogP) is -0.0399. The lowest BCUT2D eigenvalue weighted by Crippen LogP contribution is -2.50. The Balaban J connectivity index is 1.73. The number of likely N-dealkylation sites (tertiary alicyclic amines) is 1. The third-order valence-electron chi connectivity index (χ3n) is 3.86. The van der Waals surface area contributed by atoms with Gasteiger partial charge >= 0.3 is 0 Å². The molecule has 1 aromatic rings. The summed E-state index contributed by atoms with van der Waals surface area (Å²) in [7, 11) is 0. The topological polar surface area (TPSA) is 84.7 Å². The summed E-state index contributed by atoms with van der Waals surface area (Å²) in [6.45, 7) is 3.68. The molecule has 0 bridgehead atoms. The van der Waals surface area contributed by atoms with Crippen molar-refractivity contribution >= 4 is 11.8 Å². The summed E-state index contributed by atoms with van der Waals surface area (Å²) in [5.41, 5.74) is 0.580. The molecule has 1 aromatic heterocycles. The molecule has 0 aliphatic carbocycles. The molecular weight excluding hydrogens is 262 g/mol. The Morgan fingerprint density at radius 2 is 2.40 bits per heavy atom. The average Bonchev–Trinajstić information content (AvgIpc) is 2.79. The summed E-state index contributed by atoms with van der Waals surface area (Å²) < 4.78 is 10.8. The second-order valence-corrected chi connectivity index (χ2v) is 5.11. The van der Waals surface area contributed by atoms with E-state index < -0.39 is 0 Å². The van der Waals surface area contributed by atoms with Crippen molar-refractivity contribution in [2.45, 2.75) is 19.4 Å². The molecule has 3 rings (SSSR count). The first-order valence-electron chi connectivity index (χ1n) is 6.75. The van der Waals surface area contributed by atoms with E-state index in [-0.39, 0.29) is 29.6 Å². The standard InChI is InChI=1S/C13H17N3O4/c1-8-11(20-7-15-8)13(18)16-4-2-9-10(6-16)19-5-3-14-12(9)17/h7,9-10H,2-6H2,1H3,(H,14,17)/t9-,10+/m1/s1. The predicted molar refractivity (Wildman–Crippen MR) is 68.0 cm³/mol. The summed E-state index contributed by atoms with van der Waals surface area (Å²) >= 11 is 0. The largest absolute Gasteiger partial charge is 0.438 e. The number of nitrogens with one attached hydrogen (secondary N) is 1. The van der Waals surface area contributed by atoms with E-state index in [1.54, 1.807) is 11.8 Å². The first-order chi connectivity index (χ1) is 9.66. The Hall–Kier alpha value is -1.89. The molecule has 7 nitrogen and oxygen atoms in total. The van der Waals surface area contributed by atoms with E-state index in [1.807, 2.05) is 0 Å².